The van der Waals surface area contributed by atoms with Gasteiger partial charge in [-0.25, -0.2) is 0 Å². The topological polar surface area (TPSA) is 41.6 Å². The summed E-state index contributed by atoms with van der Waals surface area (Å²) in [6.07, 6.45) is 0.872. The van der Waals surface area contributed by atoms with Crippen LogP contribution in [-0.2, 0) is 11.3 Å². The van der Waals surface area contributed by atoms with Crippen molar-refractivity contribution in [1.29, 1.82) is 0 Å². The average Bonchev–Trinajstić information content (AvgIpc) is 2.61. The van der Waals surface area contributed by atoms with Gasteiger partial charge in [0.05, 0.1) is 19.7 Å². The monoisotopic (exact) mass is 340 g/mol. The number of rotatable bonds is 8. The number of carbonyl (C=O) groups excluding carboxylic acids is 1. The molecule has 2 aromatic carbocycles. The lowest BCUT2D eigenvalue weighted by Crippen LogP contribution is -2.36. The minimum Gasteiger partial charge on any atom is -0.497 e. The molecule has 2 rings (SSSR count). The Hall–Kier alpha value is -2.33. The molecule has 0 aliphatic carbocycles. The first-order valence-corrected chi connectivity index (χ1v) is 8.69. The quantitative estimate of drug-likeness (QED) is 0.796. The predicted molar refractivity (Wildman–Crippen MR) is 102 cm³/mol. The van der Waals surface area contributed by atoms with Gasteiger partial charge in [-0.2, -0.15) is 0 Å². The molecular weight excluding hydrogens is 312 g/mol. The molecular formula is C21H28N2O2. The van der Waals surface area contributed by atoms with Crippen molar-refractivity contribution in [1.82, 2.24) is 10.2 Å². The first-order chi connectivity index (χ1) is 12.0. The fourth-order valence-electron chi connectivity index (χ4n) is 2.80. The van der Waals surface area contributed by atoms with Crippen LogP contribution in [-0.4, -0.2) is 31.5 Å². The number of benzene rings is 2. The molecule has 1 N–H and O–H groups in total. The van der Waals surface area contributed by atoms with Crippen molar-refractivity contribution in [3.8, 4) is 5.75 Å². The molecule has 0 aliphatic rings. The lowest BCUT2D eigenvalue weighted by Gasteiger charge is -2.21. The van der Waals surface area contributed by atoms with Crippen molar-refractivity contribution >= 4 is 5.91 Å². The van der Waals surface area contributed by atoms with Crippen LogP contribution < -0.4 is 10.1 Å². The third kappa shape index (κ3) is 5.91. The number of likely N-dealkylation sites (N-methyl/N-ethyl adjacent to an activating group) is 1. The Kier molecular flexibility index (Phi) is 7.02. The molecule has 0 radical (unpaired) electrons. The number of nitrogens with zero attached hydrogens (tertiary/aromatic N) is 1. The molecule has 0 saturated carbocycles. The number of methoxy groups -OCH3 is 1. The Bertz CT molecular complexity index is 665. The highest BCUT2D eigenvalue weighted by Crippen LogP contribution is 2.17. The summed E-state index contributed by atoms with van der Waals surface area (Å²) in [7, 11) is 3.61. The fraction of sp³-hybridized carbons (Fsp3) is 0.381. The van der Waals surface area contributed by atoms with Gasteiger partial charge in [0.2, 0.25) is 5.91 Å². The predicted octanol–water partition coefficient (Wildman–Crippen LogP) is 3.70. The summed E-state index contributed by atoms with van der Waals surface area (Å²) < 4.78 is 5.17. The van der Waals surface area contributed by atoms with Crippen LogP contribution in [0.3, 0.4) is 0 Å². The van der Waals surface area contributed by atoms with Gasteiger partial charge >= 0.3 is 0 Å². The second-order valence-electron chi connectivity index (χ2n) is 6.46. The molecule has 0 spiro atoms. The maximum atomic E-state index is 12.4. The van der Waals surface area contributed by atoms with Gasteiger partial charge < -0.3 is 10.1 Å². The summed E-state index contributed by atoms with van der Waals surface area (Å²) in [6.45, 7) is 5.25. The van der Waals surface area contributed by atoms with E-state index in [2.05, 4.69) is 43.4 Å². The largest absolute Gasteiger partial charge is 0.497 e. The van der Waals surface area contributed by atoms with Gasteiger partial charge in [-0.05, 0) is 43.7 Å². The average molecular weight is 340 g/mol. The Morgan fingerprint density at radius 3 is 2.32 bits per heavy atom. The molecule has 0 bridgehead atoms. The zero-order valence-corrected chi connectivity index (χ0v) is 15.6. The maximum Gasteiger partial charge on any atom is 0.234 e. The molecule has 0 fully saturated rings. The number of hydrogen-bond donors (Lipinski definition) is 1. The number of aryl methyl sites for hydroxylation is 1. The normalized spacial score (nSPS) is 12.0. The van der Waals surface area contributed by atoms with Crippen LogP contribution in [0.1, 0.15) is 36.1 Å². The molecule has 134 valence electrons. The van der Waals surface area contributed by atoms with Crippen LogP contribution in [0.25, 0.3) is 0 Å². The molecule has 2 aromatic rings. The summed E-state index contributed by atoms with van der Waals surface area (Å²) in [5.41, 5.74) is 3.53. The van der Waals surface area contributed by atoms with Crippen LogP contribution in [0.15, 0.2) is 48.5 Å². The Morgan fingerprint density at radius 2 is 1.76 bits per heavy atom. The van der Waals surface area contributed by atoms with Crippen LogP contribution >= 0.6 is 0 Å². The second-order valence-corrected chi connectivity index (χ2v) is 6.46. The molecule has 0 aromatic heterocycles. The van der Waals surface area contributed by atoms with E-state index in [1.807, 2.05) is 36.2 Å². The fourth-order valence-corrected chi connectivity index (χ4v) is 2.80. The highest BCUT2D eigenvalue weighted by molar-refractivity contribution is 5.78. The van der Waals surface area contributed by atoms with Crippen molar-refractivity contribution in [2.24, 2.45) is 0 Å². The molecule has 0 heterocycles. The van der Waals surface area contributed by atoms with Gasteiger partial charge in [-0.1, -0.05) is 48.9 Å². The van der Waals surface area contributed by atoms with E-state index in [1.165, 1.54) is 5.56 Å². The maximum absolute atomic E-state index is 12.4. The summed E-state index contributed by atoms with van der Waals surface area (Å²) in [6, 6.07) is 16.3. The van der Waals surface area contributed by atoms with E-state index < -0.39 is 0 Å². The molecule has 0 saturated heterocycles. The number of amides is 1. The standard InChI is InChI=1S/C21H28N2O2/c1-5-20(18-10-6-16(2)7-11-18)22-21(24)15-23(3)14-17-8-12-19(25-4)13-9-17/h6-13,20H,5,14-15H2,1-4H3,(H,22,24)/t20-/m0/s1. The number of nitrogens with one attached hydrogen (secondary N) is 1. The summed E-state index contributed by atoms with van der Waals surface area (Å²) in [5.74, 6) is 0.886. The van der Waals surface area contributed by atoms with Gasteiger partial charge in [0, 0.05) is 6.54 Å². The highest BCUT2D eigenvalue weighted by atomic mass is 16.5. The van der Waals surface area contributed by atoms with E-state index in [9.17, 15) is 4.79 Å². The zero-order valence-electron chi connectivity index (χ0n) is 15.6. The summed E-state index contributed by atoms with van der Waals surface area (Å²) in [4.78, 5) is 14.4. The van der Waals surface area contributed by atoms with Gasteiger partial charge in [0.1, 0.15) is 5.75 Å². The van der Waals surface area contributed by atoms with E-state index in [0.29, 0.717) is 6.54 Å². The lowest BCUT2D eigenvalue weighted by molar-refractivity contribution is -0.122. The highest BCUT2D eigenvalue weighted by Gasteiger charge is 2.14. The van der Waals surface area contributed by atoms with Crippen molar-refractivity contribution < 1.29 is 9.53 Å². The third-order valence-corrected chi connectivity index (χ3v) is 4.25. The second kappa shape index (κ2) is 9.23. The molecule has 4 heteroatoms. The smallest absolute Gasteiger partial charge is 0.234 e. The molecule has 4 nitrogen and oxygen atoms in total. The molecule has 25 heavy (non-hydrogen) atoms. The molecule has 0 aliphatic heterocycles. The molecule has 1 atom stereocenters. The van der Waals surface area contributed by atoms with E-state index in [4.69, 9.17) is 4.74 Å². The first kappa shape index (κ1) is 19.0. The first-order valence-electron chi connectivity index (χ1n) is 8.69. The Morgan fingerprint density at radius 1 is 1.12 bits per heavy atom. The van der Waals surface area contributed by atoms with Crippen LogP contribution in [0.4, 0.5) is 0 Å². The number of carbonyl (C=O) groups is 1. The minimum atomic E-state index is 0.0448. The van der Waals surface area contributed by atoms with Crippen LogP contribution in [0.5, 0.6) is 5.75 Å². The molecule has 0 unspecified atom stereocenters. The van der Waals surface area contributed by atoms with Gasteiger partial charge in [-0.15, -0.1) is 0 Å². The van der Waals surface area contributed by atoms with E-state index in [-0.39, 0.29) is 11.9 Å². The van der Waals surface area contributed by atoms with Crippen molar-refractivity contribution in [3.63, 3.8) is 0 Å². The SMILES string of the molecule is CC[C@H](NC(=O)CN(C)Cc1ccc(OC)cc1)c1ccc(C)cc1. The Balaban J connectivity index is 1.87. The summed E-state index contributed by atoms with van der Waals surface area (Å²) >= 11 is 0. The minimum absolute atomic E-state index is 0.0448. The van der Waals surface area contributed by atoms with Gasteiger partial charge in [-0.3, -0.25) is 9.69 Å². The van der Waals surface area contributed by atoms with Gasteiger partial charge in [0.25, 0.3) is 0 Å². The van der Waals surface area contributed by atoms with Crippen molar-refractivity contribution in [3.05, 3.63) is 65.2 Å². The summed E-state index contributed by atoms with van der Waals surface area (Å²) in [5, 5.41) is 3.14. The van der Waals surface area contributed by atoms with Crippen LogP contribution in [0, 0.1) is 6.92 Å². The van der Waals surface area contributed by atoms with Crippen molar-refractivity contribution in [2.75, 3.05) is 20.7 Å². The van der Waals surface area contributed by atoms with E-state index in [1.54, 1.807) is 7.11 Å². The molecule has 1 amide bonds. The third-order valence-electron chi connectivity index (χ3n) is 4.25. The lowest BCUT2D eigenvalue weighted by atomic mass is 10.0. The van der Waals surface area contributed by atoms with Crippen molar-refractivity contribution in [2.45, 2.75) is 32.9 Å². The van der Waals surface area contributed by atoms with E-state index in [0.717, 1.165) is 29.8 Å². The number of ether oxygens (including phenoxy) is 1. The van der Waals surface area contributed by atoms with Crippen LogP contribution in [0.2, 0.25) is 0 Å². The van der Waals surface area contributed by atoms with Gasteiger partial charge in [0.15, 0.2) is 0 Å². The number of hydrogen-bond acceptors (Lipinski definition) is 3. The van der Waals surface area contributed by atoms with E-state index >= 15 is 0 Å². The Labute approximate surface area is 150 Å². The zero-order chi connectivity index (χ0) is 18.2.